The minimum Gasteiger partial charge on any atom is -0.350 e. The number of aromatic nitrogens is 2. The highest BCUT2D eigenvalue weighted by Crippen LogP contribution is 2.33. The normalized spacial score (nSPS) is 18.6. The standard InChI is InChI=1S/C22H28F4N4O4S/c1-13(14-8-9-17(18(23)10-14)21(2,27)34-35(32)33)20(31)28-12-16-11-19(22(24,25)26)29-30(16)15-6-4-3-5-7-15/h8-11,13,15H,3-7,12,27H2,1-2H3,(H,28,31)(H,32,33). The van der Waals surface area contributed by atoms with Crippen LogP contribution in [0.2, 0.25) is 0 Å². The number of hydrogen-bond acceptors (Lipinski definition) is 5. The van der Waals surface area contributed by atoms with Crippen molar-refractivity contribution >= 4 is 17.3 Å². The molecule has 1 aromatic heterocycles. The van der Waals surface area contributed by atoms with Crippen molar-refractivity contribution in [3.8, 4) is 0 Å². The van der Waals surface area contributed by atoms with Crippen LogP contribution in [0, 0.1) is 5.82 Å². The molecule has 13 heteroatoms. The third-order valence-corrected chi connectivity index (χ3v) is 6.62. The summed E-state index contributed by atoms with van der Waals surface area (Å²) >= 11 is -2.73. The monoisotopic (exact) mass is 520 g/mol. The van der Waals surface area contributed by atoms with E-state index in [0.717, 1.165) is 44.2 Å². The van der Waals surface area contributed by atoms with E-state index in [1.807, 2.05) is 0 Å². The van der Waals surface area contributed by atoms with Crippen LogP contribution in [0.4, 0.5) is 17.6 Å². The number of nitrogens with zero attached hydrogens (tertiary/aromatic N) is 2. The molecule has 1 aliphatic carbocycles. The topological polar surface area (TPSA) is 119 Å². The van der Waals surface area contributed by atoms with E-state index in [1.54, 1.807) is 0 Å². The van der Waals surface area contributed by atoms with Crippen LogP contribution in [0.15, 0.2) is 24.3 Å². The molecule has 0 spiro atoms. The van der Waals surface area contributed by atoms with Gasteiger partial charge in [-0.25, -0.2) is 8.57 Å². The first-order valence-electron chi connectivity index (χ1n) is 11.1. The van der Waals surface area contributed by atoms with Crippen LogP contribution >= 0.6 is 0 Å². The molecule has 8 nitrogen and oxygen atoms in total. The molecule has 0 aliphatic heterocycles. The average Bonchev–Trinajstić information content (AvgIpc) is 3.21. The fraction of sp³-hybridized carbons (Fsp3) is 0.545. The van der Waals surface area contributed by atoms with Crippen molar-refractivity contribution in [3.63, 3.8) is 0 Å². The molecule has 1 aromatic carbocycles. The highest BCUT2D eigenvalue weighted by molar-refractivity contribution is 7.74. The molecule has 0 bridgehead atoms. The van der Waals surface area contributed by atoms with E-state index in [-0.39, 0.29) is 29.4 Å². The molecule has 1 aliphatic rings. The molecule has 2 aromatic rings. The van der Waals surface area contributed by atoms with Crippen molar-refractivity contribution in [2.24, 2.45) is 5.73 Å². The molecule has 194 valence electrons. The lowest BCUT2D eigenvalue weighted by Crippen LogP contribution is -2.37. The number of amides is 1. The predicted octanol–water partition coefficient (Wildman–Crippen LogP) is 4.25. The molecule has 1 amide bonds. The van der Waals surface area contributed by atoms with Crippen molar-refractivity contribution in [2.75, 3.05) is 0 Å². The highest BCUT2D eigenvalue weighted by atomic mass is 32.2. The average molecular weight is 521 g/mol. The number of hydrogen-bond donors (Lipinski definition) is 3. The second-order valence-electron chi connectivity index (χ2n) is 8.84. The van der Waals surface area contributed by atoms with Gasteiger partial charge in [-0.05, 0) is 44.4 Å². The number of halogens is 4. The Morgan fingerprint density at radius 3 is 2.54 bits per heavy atom. The van der Waals surface area contributed by atoms with Gasteiger partial charge < -0.3 is 5.32 Å². The zero-order valence-electron chi connectivity index (χ0n) is 19.3. The Kier molecular flexibility index (Phi) is 8.35. The molecule has 1 fully saturated rings. The first-order chi connectivity index (χ1) is 16.3. The predicted molar refractivity (Wildman–Crippen MR) is 119 cm³/mol. The van der Waals surface area contributed by atoms with E-state index in [9.17, 15) is 26.6 Å². The van der Waals surface area contributed by atoms with Gasteiger partial charge in [0, 0.05) is 5.56 Å². The van der Waals surface area contributed by atoms with Gasteiger partial charge in [-0.15, -0.1) is 0 Å². The van der Waals surface area contributed by atoms with Crippen LogP contribution in [0.25, 0.3) is 0 Å². The Hall–Kier alpha value is -2.35. The lowest BCUT2D eigenvalue weighted by Gasteiger charge is -2.24. The Morgan fingerprint density at radius 2 is 1.97 bits per heavy atom. The summed E-state index contributed by atoms with van der Waals surface area (Å²) in [5, 5.41) is 6.40. The van der Waals surface area contributed by atoms with E-state index < -0.39 is 46.6 Å². The van der Waals surface area contributed by atoms with Gasteiger partial charge in [-0.1, -0.05) is 31.4 Å². The van der Waals surface area contributed by atoms with Crippen LogP contribution in [0.5, 0.6) is 0 Å². The SMILES string of the molecule is CC(C(=O)NCc1cc(C(F)(F)F)nn1C1CCCCC1)c1ccc(C(C)(N)OS(=O)O)c(F)c1. The number of carbonyl (C=O) groups is 1. The third-order valence-electron chi connectivity index (χ3n) is 6.13. The molecule has 3 rings (SSSR count). The van der Waals surface area contributed by atoms with Gasteiger partial charge in [0.05, 0.1) is 24.2 Å². The summed E-state index contributed by atoms with van der Waals surface area (Å²) in [5.74, 6) is -2.21. The molecular formula is C22H28F4N4O4S. The first kappa shape index (κ1) is 27.2. The number of nitrogens with two attached hydrogens (primary N) is 1. The first-order valence-corrected chi connectivity index (χ1v) is 12.1. The molecule has 0 radical (unpaired) electrons. The van der Waals surface area contributed by atoms with E-state index >= 15 is 0 Å². The van der Waals surface area contributed by atoms with Gasteiger partial charge in [0.15, 0.2) is 11.4 Å². The third kappa shape index (κ3) is 6.66. The maximum absolute atomic E-state index is 14.7. The van der Waals surface area contributed by atoms with Crippen molar-refractivity contribution in [3.05, 3.63) is 52.6 Å². The van der Waals surface area contributed by atoms with E-state index in [2.05, 4.69) is 14.6 Å². The smallest absolute Gasteiger partial charge is 0.350 e. The quantitative estimate of drug-likeness (QED) is 0.272. The van der Waals surface area contributed by atoms with Crippen LogP contribution < -0.4 is 11.1 Å². The Morgan fingerprint density at radius 1 is 1.31 bits per heavy atom. The number of carbonyl (C=O) groups excluding carboxylic acids is 1. The molecule has 4 N–H and O–H groups in total. The maximum Gasteiger partial charge on any atom is 0.435 e. The lowest BCUT2D eigenvalue weighted by molar-refractivity contribution is -0.141. The summed E-state index contributed by atoms with van der Waals surface area (Å²) in [6, 6.07) is 4.51. The summed E-state index contributed by atoms with van der Waals surface area (Å²) in [6.45, 7) is 2.56. The van der Waals surface area contributed by atoms with Gasteiger partial charge >= 0.3 is 17.5 Å². The molecule has 3 unspecified atom stereocenters. The number of nitrogens with one attached hydrogen (secondary N) is 1. The Bertz CT molecular complexity index is 1080. The zero-order chi connectivity index (χ0) is 26.0. The number of rotatable bonds is 8. The zero-order valence-corrected chi connectivity index (χ0v) is 20.1. The molecule has 1 saturated carbocycles. The highest BCUT2D eigenvalue weighted by Gasteiger charge is 2.36. The van der Waals surface area contributed by atoms with Gasteiger partial charge in [-0.2, -0.15) is 22.5 Å². The van der Waals surface area contributed by atoms with Crippen LogP contribution in [0.1, 0.15) is 80.4 Å². The van der Waals surface area contributed by atoms with Gasteiger partial charge in [-0.3, -0.25) is 19.8 Å². The number of benzene rings is 1. The molecular weight excluding hydrogens is 492 g/mol. The van der Waals surface area contributed by atoms with Crippen LogP contribution in [0.3, 0.4) is 0 Å². The number of alkyl halides is 3. The molecule has 3 atom stereocenters. The molecule has 35 heavy (non-hydrogen) atoms. The van der Waals surface area contributed by atoms with Gasteiger partial charge in [0.2, 0.25) is 5.91 Å². The van der Waals surface area contributed by atoms with Crippen molar-refractivity contribution in [2.45, 2.75) is 76.4 Å². The fourth-order valence-corrected chi connectivity index (χ4v) is 4.61. The van der Waals surface area contributed by atoms with E-state index in [0.29, 0.717) is 0 Å². The van der Waals surface area contributed by atoms with Crippen molar-refractivity contribution in [1.82, 2.24) is 15.1 Å². The molecule has 1 heterocycles. The maximum atomic E-state index is 14.7. The second-order valence-corrected chi connectivity index (χ2v) is 9.44. The summed E-state index contributed by atoms with van der Waals surface area (Å²) in [4.78, 5) is 12.7. The second kappa shape index (κ2) is 10.7. The van der Waals surface area contributed by atoms with Crippen molar-refractivity contribution < 1.29 is 35.3 Å². The van der Waals surface area contributed by atoms with Crippen molar-refractivity contribution in [1.29, 1.82) is 0 Å². The van der Waals surface area contributed by atoms with E-state index in [4.69, 9.17) is 10.3 Å². The van der Waals surface area contributed by atoms with Gasteiger partial charge in [0.25, 0.3) is 0 Å². The van der Waals surface area contributed by atoms with Gasteiger partial charge in [0.1, 0.15) is 5.82 Å². The Balaban J connectivity index is 1.74. The molecule has 0 saturated heterocycles. The fourth-order valence-electron chi connectivity index (χ4n) is 4.22. The summed E-state index contributed by atoms with van der Waals surface area (Å²) in [6.07, 6.45) is -0.342. The van der Waals surface area contributed by atoms with E-state index in [1.165, 1.54) is 30.7 Å². The minimum atomic E-state index is -4.60. The summed E-state index contributed by atoms with van der Waals surface area (Å²) in [5.41, 5.74) is 3.21. The van der Waals surface area contributed by atoms with Crippen LogP contribution in [-0.2, 0) is 38.8 Å². The summed E-state index contributed by atoms with van der Waals surface area (Å²) in [7, 11) is 0. The largest absolute Gasteiger partial charge is 0.435 e. The minimum absolute atomic E-state index is 0.160. The lowest BCUT2D eigenvalue weighted by atomic mass is 9.95. The van der Waals surface area contributed by atoms with Crippen LogP contribution in [-0.4, -0.2) is 24.4 Å². The Labute approximate surface area is 202 Å². The summed E-state index contributed by atoms with van der Waals surface area (Å²) < 4.78 is 80.3.